The number of terminal acetylenes is 1. The molecule has 0 aromatic heterocycles. The lowest BCUT2D eigenvalue weighted by Crippen LogP contribution is -1.97. The molecule has 1 rings (SSSR count). The fourth-order valence-corrected chi connectivity index (χ4v) is 0.947. The summed E-state index contributed by atoms with van der Waals surface area (Å²) in [7, 11) is 0. The van der Waals surface area contributed by atoms with E-state index in [4.69, 9.17) is 11.2 Å². The van der Waals surface area contributed by atoms with Crippen LogP contribution >= 0.6 is 0 Å². The Morgan fingerprint density at radius 3 is 3.20 bits per heavy atom. The van der Waals surface area contributed by atoms with Gasteiger partial charge in [-0.2, -0.15) is 0 Å². The molecule has 0 bridgehead atoms. The van der Waals surface area contributed by atoms with Gasteiger partial charge in [0.1, 0.15) is 6.61 Å². The molecule has 0 amide bonds. The fraction of sp³-hybridized carbons (Fsp3) is 0.444. The highest BCUT2D eigenvalue weighted by atomic mass is 16.5. The van der Waals surface area contributed by atoms with Gasteiger partial charge in [-0.3, -0.25) is 0 Å². The molecule has 1 aliphatic rings. The zero-order chi connectivity index (χ0) is 7.23. The third-order valence-corrected chi connectivity index (χ3v) is 1.44. The van der Waals surface area contributed by atoms with Crippen LogP contribution in [0.25, 0.3) is 0 Å². The van der Waals surface area contributed by atoms with Crippen LogP contribution in [0.4, 0.5) is 0 Å². The van der Waals surface area contributed by atoms with Crippen LogP contribution < -0.4 is 0 Å². The van der Waals surface area contributed by atoms with Crippen LogP contribution in [-0.4, -0.2) is 6.61 Å². The van der Waals surface area contributed by atoms with E-state index in [2.05, 4.69) is 12.3 Å². The van der Waals surface area contributed by atoms with Crippen LogP contribution in [0, 0.1) is 18.8 Å². The SMILES string of the molecule is C#CCOC1=C[CH]CCC1. The highest BCUT2D eigenvalue weighted by Gasteiger charge is 2.02. The summed E-state index contributed by atoms with van der Waals surface area (Å²) in [6.45, 7) is 0.402. The average Bonchev–Trinajstić information content (AvgIpc) is 2.03. The van der Waals surface area contributed by atoms with Gasteiger partial charge >= 0.3 is 0 Å². The van der Waals surface area contributed by atoms with E-state index in [-0.39, 0.29) is 0 Å². The summed E-state index contributed by atoms with van der Waals surface area (Å²) < 4.78 is 5.23. The Kier molecular flexibility index (Phi) is 2.89. The van der Waals surface area contributed by atoms with E-state index < -0.39 is 0 Å². The first-order chi connectivity index (χ1) is 4.93. The summed E-state index contributed by atoms with van der Waals surface area (Å²) in [5.74, 6) is 3.47. The lowest BCUT2D eigenvalue weighted by Gasteiger charge is -2.11. The lowest BCUT2D eigenvalue weighted by atomic mass is 10.1. The average molecular weight is 135 g/mol. The maximum Gasteiger partial charge on any atom is 0.148 e. The number of rotatable bonds is 2. The van der Waals surface area contributed by atoms with Crippen LogP contribution in [0.3, 0.4) is 0 Å². The van der Waals surface area contributed by atoms with Gasteiger partial charge in [-0.25, -0.2) is 0 Å². The highest BCUT2D eigenvalue weighted by Crippen LogP contribution is 2.16. The van der Waals surface area contributed by atoms with Crippen molar-refractivity contribution in [2.24, 2.45) is 0 Å². The quantitative estimate of drug-likeness (QED) is 0.525. The molecule has 0 saturated heterocycles. The van der Waals surface area contributed by atoms with E-state index >= 15 is 0 Å². The van der Waals surface area contributed by atoms with Gasteiger partial charge in [0.15, 0.2) is 0 Å². The monoisotopic (exact) mass is 135 g/mol. The third kappa shape index (κ3) is 2.14. The van der Waals surface area contributed by atoms with E-state index in [1.807, 2.05) is 6.08 Å². The van der Waals surface area contributed by atoms with Gasteiger partial charge in [0, 0.05) is 6.42 Å². The Morgan fingerprint density at radius 2 is 2.60 bits per heavy atom. The zero-order valence-electron chi connectivity index (χ0n) is 5.97. The summed E-state index contributed by atoms with van der Waals surface area (Å²) in [6, 6.07) is 0. The van der Waals surface area contributed by atoms with E-state index in [0.29, 0.717) is 6.61 Å². The van der Waals surface area contributed by atoms with Crippen LogP contribution in [-0.2, 0) is 4.74 Å². The van der Waals surface area contributed by atoms with Crippen molar-refractivity contribution in [3.8, 4) is 12.3 Å². The van der Waals surface area contributed by atoms with Gasteiger partial charge in [0.05, 0.1) is 5.76 Å². The van der Waals surface area contributed by atoms with Crippen molar-refractivity contribution in [1.82, 2.24) is 0 Å². The molecule has 0 heterocycles. The second-order valence-corrected chi connectivity index (χ2v) is 2.25. The number of hydrogen-bond donors (Lipinski definition) is 0. The van der Waals surface area contributed by atoms with Crippen LogP contribution in [0.5, 0.6) is 0 Å². The summed E-state index contributed by atoms with van der Waals surface area (Å²) in [5.41, 5.74) is 0. The minimum Gasteiger partial charge on any atom is -0.486 e. The molecule has 0 aromatic carbocycles. The van der Waals surface area contributed by atoms with Gasteiger partial charge in [-0.05, 0) is 25.3 Å². The first kappa shape index (κ1) is 7.21. The Balaban J connectivity index is 2.26. The van der Waals surface area contributed by atoms with Gasteiger partial charge in [0.2, 0.25) is 0 Å². The molecule has 0 fully saturated rings. The van der Waals surface area contributed by atoms with E-state index in [9.17, 15) is 0 Å². The van der Waals surface area contributed by atoms with E-state index in [0.717, 1.165) is 12.2 Å². The molecule has 53 valence electrons. The minimum atomic E-state index is 0.402. The summed E-state index contributed by atoms with van der Waals surface area (Å²) in [6.07, 6.45) is 12.6. The van der Waals surface area contributed by atoms with Gasteiger partial charge in [0.25, 0.3) is 0 Å². The first-order valence-corrected chi connectivity index (χ1v) is 3.52. The van der Waals surface area contributed by atoms with Crippen molar-refractivity contribution in [2.75, 3.05) is 6.61 Å². The van der Waals surface area contributed by atoms with Crippen molar-refractivity contribution < 1.29 is 4.74 Å². The Morgan fingerprint density at radius 1 is 1.70 bits per heavy atom. The molecule has 0 unspecified atom stereocenters. The summed E-state index contributed by atoms with van der Waals surface area (Å²) >= 11 is 0. The molecule has 0 aromatic rings. The molecule has 0 N–H and O–H groups in total. The predicted molar refractivity (Wildman–Crippen MR) is 41.0 cm³/mol. The molecule has 0 spiro atoms. The highest BCUT2D eigenvalue weighted by molar-refractivity contribution is 5.06. The number of hydrogen-bond acceptors (Lipinski definition) is 1. The Bertz CT molecular complexity index is 162. The van der Waals surface area contributed by atoms with Gasteiger partial charge in [-0.1, -0.05) is 5.92 Å². The van der Waals surface area contributed by atoms with E-state index in [1.165, 1.54) is 12.8 Å². The summed E-state index contributed by atoms with van der Waals surface area (Å²) in [4.78, 5) is 0. The standard InChI is InChI=1S/C9H11O/c1-2-8-10-9-6-4-3-5-7-9/h1,4,6H,3,5,7-8H2. The molecule has 0 saturated carbocycles. The lowest BCUT2D eigenvalue weighted by molar-refractivity contribution is 0.236. The normalized spacial score (nSPS) is 17.3. The van der Waals surface area contributed by atoms with Crippen molar-refractivity contribution in [2.45, 2.75) is 19.3 Å². The van der Waals surface area contributed by atoms with Crippen LogP contribution in [0.2, 0.25) is 0 Å². The zero-order valence-corrected chi connectivity index (χ0v) is 5.97. The molecule has 0 aliphatic heterocycles. The van der Waals surface area contributed by atoms with Crippen molar-refractivity contribution in [3.63, 3.8) is 0 Å². The van der Waals surface area contributed by atoms with Crippen molar-refractivity contribution in [1.29, 1.82) is 0 Å². The number of allylic oxidation sites excluding steroid dienone is 2. The third-order valence-electron chi connectivity index (χ3n) is 1.44. The van der Waals surface area contributed by atoms with Crippen molar-refractivity contribution >= 4 is 0 Å². The smallest absolute Gasteiger partial charge is 0.148 e. The van der Waals surface area contributed by atoms with Crippen molar-refractivity contribution in [3.05, 3.63) is 18.3 Å². The van der Waals surface area contributed by atoms with E-state index in [1.54, 1.807) is 0 Å². The summed E-state index contributed by atoms with van der Waals surface area (Å²) in [5, 5.41) is 0. The predicted octanol–water partition coefficient (Wildman–Crippen LogP) is 1.91. The molecule has 0 atom stereocenters. The molecule has 1 nitrogen and oxygen atoms in total. The fourth-order valence-electron chi connectivity index (χ4n) is 0.947. The molecular weight excluding hydrogens is 124 g/mol. The first-order valence-electron chi connectivity index (χ1n) is 3.52. The Labute approximate surface area is 62.1 Å². The second kappa shape index (κ2) is 4.00. The van der Waals surface area contributed by atoms with Crippen LogP contribution in [0.1, 0.15) is 19.3 Å². The Hall–Kier alpha value is -0.900. The topological polar surface area (TPSA) is 9.23 Å². The van der Waals surface area contributed by atoms with Crippen LogP contribution in [0.15, 0.2) is 11.8 Å². The van der Waals surface area contributed by atoms with Gasteiger partial charge in [-0.15, -0.1) is 6.42 Å². The molecular formula is C9H11O. The molecule has 10 heavy (non-hydrogen) atoms. The maximum absolute atomic E-state index is 5.23. The minimum absolute atomic E-state index is 0.402. The molecule has 1 heteroatoms. The maximum atomic E-state index is 5.23. The number of ether oxygens (including phenoxy) is 1. The molecule has 1 aliphatic carbocycles. The second-order valence-electron chi connectivity index (χ2n) is 2.25. The molecule has 1 radical (unpaired) electrons. The van der Waals surface area contributed by atoms with Gasteiger partial charge < -0.3 is 4.74 Å². The largest absolute Gasteiger partial charge is 0.486 e.